The van der Waals surface area contributed by atoms with Crippen LogP contribution in [0.1, 0.15) is 32.1 Å². The average Bonchev–Trinajstić information content (AvgIpc) is 2.44. The van der Waals surface area contributed by atoms with Crippen LogP contribution in [0.2, 0.25) is 0 Å². The summed E-state index contributed by atoms with van der Waals surface area (Å²) in [6.45, 7) is 3.15. The molecule has 0 aliphatic carbocycles. The highest BCUT2D eigenvalue weighted by Gasteiger charge is 2.32. The maximum atomic E-state index is 12.2. The van der Waals surface area contributed by atoms with Crippen molar-refractivity contribution in [1.29, 1.82) is 0 Å². The maximum absolute atomic E-state index is 12.2. The lowest BCUT2D eigenvalue weighted by molar-refractivity contribution is -0.135. The number of likely N-dealkylation sites (tertiary alicyclic amines) is 1. The second kappa shape index (κ2) is 4.97. The Hall–Kier alpha value is -0.570. The van der Waals surface area contributed by atoms with Crippen LogP contribution in [0.15, 0.2) is 0 Å². The summed E-state index contributed by atoms with van der Waals surface area (Å²) in [5.41, 5.74) is 0. The van der Waals surface area contributed by atoms with Gasteiger partial charge in [0.25, 0.3) is 0 Å². The van der Waals surface area contributed by atoms with Gasteiger partial charge in [-0.3, -0.25) is 4.79 Å². The molecule has 2 rings (SSSR count). The van der Waals surface area contributed by atoms with E-state index in [1.807, 2.05) is 11.9 Å². The van der Waals surface area contributed by atoms with Crippen LogP contribution in [-0.4, -0.2) is 37.5 Å². The summed E-state index contributed by atoms with van der Waals surface area (Å²) in [4.78, 5) is 14.1. The lowest BCUT2D eigenvalue weighted by Gasteiger charge is -2.30. The molecule has 0 aromatic carbocycles. The number of hydrogen-bond acceptors (Lipinski definition) is 2. The number of carbonyl (C=O) groups excluding carboxylic acids is 1. The molecule has 15 heavy (non-hydrogen) atoms. The highest BCUT2D eigenvalue weighted by atomic mass is 16.2. The quantitative estimate of drug-likeness (QED) is 0.706. The molecule has 1 atom stereocenters. The van der Waals surface area contributed by atoms with Crippen molar-refractivity contribution < 1.29 is 4.79 Å². The van der Waals surface area contributed by atoms with E-state index in [0.29, 0.717) is 17.7 Å². The first-order chi connectivity index (χ1) is 7.29. The molecule has 1 amide bonds. The molecule has 86 valence electrons. The predicted molar refractivity (Wildman–Crippen MR) is 60.6 cm³/mol. The fraction of sp³-hybridized carbons (Fsp3) is 0.917. The number of carbonyl (C=O) groups is 1. The van der Waals surface area contributed by atoms with Gasteiger partial charge in [-0.05, 0) is 44.7 Å². The Morgan fingerprint density at radius 2 is 1.93 bits per heavy atom. The Labute approximate surface area is 92.2 Å². The van der Waals surface area contributed by atoms with Gasteiger partial charge in [-0.25, -0.2) is 0 Å². The molecule has 2 aliphatic heterocycles. The van der Waals surface area contributed by atoms with E-state index in [9.17, 15) is 4.79 Å². The van der Waals surface area contributed by atoms with Gasteiger partial charge in [0.1, 0.15) is 0 Å². The number of hydrogen-bond donors (Lipinski definition) is 1. The minimum atomic E-state index is 0.319. The summed E-state index contributed by atoms with van der Waals surface area (Å²) in [5.74, 6) is 1.36. The summed E-state index contributed by atoms with van der Waals surface area (Å²) in [6, 6.07) is 0. The second-order valence-corrected chi connectivity index (χ2v) is 4.95. The number of nitrogens with one attached hydrogen (secondary N) is 1. The van der Waals surface area contributed by atoms with Crippen molar-refractivity contribution in [2.24, 2.45) is 11.8 Å². The van der Waals surface area contributed by atoms with Crippen LogP contribution >= 0.6 is 0 Å². The zero-order valence-electron chi connectivity index (χ0n) is 9.67. The van der Waals surface area contributed by atoms with E-state index in [2.05, 4.69) is 5.32 Å². The van der Waals surface area contributed by atoms with E-state index in [0.717, 1.165) is 26.1 Å². The Kier molecular flexibility index (Phi) is 3.62. The fourth-order valence-electron chi connectivity index (χ4n) is 2.91. The molecule has 0 bridgehead atoms. The molecule has 1 N–H and O–H groups in total. The van der Waals surface area contributed by atoms with E-state index in [-0.39, 0.29) is 0 Å². The molecule has 3 heteroatoms. The Bertz CT molecular complexity index is 224. The Morgan fingerprint density at radius 3 is 2.67 bits per heavy atom. The van der Waals surface area contributed by atoms with Gasteiger partial charge in [0.2, 0.25) is 5.91 Å². The van der Waals surface area contributed by atoms with Crippen LogP contribution < -0.4 is 5.32 Å². The zero-order chi connectivity index (χ0) is 10.7. The smallest absolute Gasteiger partial charge is 0.225 e. The highest BCUT2D eigenvalue weighted by molar-refractivity contribution is 5.79. The van der Waals surface area contributed by atoms with Crippen LogP contribution in [0.5, 0.6) is 0 Å². The minimum Gasteiger partial charge on any atom is -0.346 e. The number of rotatable bonds is 1. The third-order valence-corrected chi connectivity index (χ3v) is 3.90. The van der Waals surface area contributed by atoms with Crippen molar-refractivity contribution >= 4 is 5.91 Å². The molecule has 0 spiro atoms. The SMILES string of the molecule is CN1CCCC[C@@H](C2CCNCC2)C1=O. The molecule has 3 nitrogen and oxygen atoms in total. The van der Waals surface area contributed by atoms with E-state index in [1.54, 1.807) is 0 Å². The van der Waals surface area contributed by atoms with E-state index >= 15 is 0 Å². The molecule has 2 fully saturated rings. The second-order valence-electron chi connectivity index (χ2n) is 4.95. The first-order valence-electron chi connectivity index (χ1n) is 6.25. The molecule has 0 aromatic rings. The molecular formula is C12H22N2O. The zero-order valence-corrected chi connectivity index (χ0v) is 9.67. The summed E-state index contributed by atoms with van der Waals surface area (Å²) >= 11 is 0. The Balaban J connectivity index is 2.00. The average molecular weight is 210 g/mol. The predicted octanol–water partition coefficient (Wildman–Crippen LogP) is 1.24. The normalized spacial score (nSPS) is 30.3. The third kappa shape index (κ3) is 2.51. The standard InChI is InChI=1S/C12H22N2O/c1-14-9-3-2-4-11(12(14)15)10-5-7-13-8-6-10/h10-11,13H,2-9H2,1H3/t11-/m0/s1. The molecule has 0 unspecified atom stereocenters. The van der Waals surface area contributed by atoms with E-state index in [1.165, 1.54) is 25.7 Å². The molecule has 0 saturated carbocycles. The van der Waals surface area contributed by atoms with E-state index in [4.69, 9.17) is 0 Å². The first kappa shape index (κ1) is 10.9. The van der Waals surface area contributed by atoms with Gasteiger partial charge in [-0.1, -0.05) is 6.42 Å². The van der Waals surface area contributed by atoms with Crippen LogP contribution in [0.4, 0.5) is 0 Å². The van der Waals surface area contributed by atoms with Gasteiger partial charge in [-0.2, -0.15) is 0 Å². The van der Waals surface area contributed by atoms with Crippen LogP contribution in [0.25, 0.3) is 0 Å². The summed E-state index contributed by atoms with van der Waals surface area (Å²) in [7, 11) is 1.96. The highest BCUT2D eigenvalue weighted by Crippen LogP contribution is 2.29. The van der Waals surface area contributed by atoms with Gasteiger partial charge in [0.15, 0.2) is 0 Å². The lowest BCUT2D eigenvalue weighted by Crippen LogP contribution is -2.39. The molecule has 2 aliphatic rings. The molecule has 2 heterocycles. The number of nitrogens with zero attached hydrogens (tertiary/aromatic N) is 1. The summed E-state index contributed by atoms with van der Waals surface area (Å²) < 4.78 is 0. The van der Waals surface area contributed by atoms with Gasteiger partial charge < -0.3 is 10.2 Å². The molecule has 2 saturated heterocycles. The van der Waals surface area contributed by atoms with Crippen molar-refractivity contribution in [3.05, 3.63) is 0 Å². The summed E-state index contributed by atoms with van der Waals surface area (Å²) in [5, 5.41) is 3.37. The van der Waals surface area contributed by atoms with Crippen LogP contribution in [-0.2, 0) is 4.79 Å². The van der Waals surface area contributed by atoms with Crippen molar-refractivity contribution in [2.75, 3.05) is 26.7 Å². The van der Waals surface area contributed by atoms with Gasteiger partial charge in [0, 0.05) is 19.5 Å². The number of amides is 1. The fourth-order valence-corrected chi connectivity index (χ4v) is 2.91. The van der Waals surface area contributed by atoms with Gasteiger partial charge in [0.05, 0.1) is 0 Å². The lowest BCUT2D eigenvalue weighted by atomic mass is 9.81. The van der Waals surface area contributed by atoms with Crippen molar-refractivity contribution in [3.63, 3.8) is 0 Å². The number of piperidine rings is 1. The molecular weight excluding hydrogens is 188 g/mol. The molecule has 0 aromatic heterocycles. The van der Waals surface area contributed by atoms with Crippen molar-refractivity contribution in [2.45, 2.75) is 32.1 Å². The maximum Gasteiger partial charge on any atom is 0.225 e. The summed E-state index contributed by atoms with van der Waals surface area (Å²) in [6.07, 6.45) is 5.90. The van der Waals surface area contributed by atoms with Gasteiger partial charge >= 0.3 is 0 Å². The van der Waals surface area contributed by atoms with Gasteiger partial charge in [-0.15, -0.1) is 0 Å². The Morgan fingerprint density at radius 1 is 1.20 bits per heavy atom. The van der Waals surface area contributed by atoms with Crippen LogP contribution in [0, 0.1) is 11.8 Å². The van der Waals surface area contributed by atoms with Crippen molar-refractivity contribution in [1.82, 2.24) is 10.2 Å². The monoisotopic (exact) mass is 210 g/mol. The largest absolute Gasteiger partial charge is 0.346 e. The van der Waals surface area contributed by atoms with Crippen LogP contribution in [0.3, 0.4) is 0 Å². The topological polar surface area (TPSA) is 32.3 Å². The molecule has 0 radical (unpaired) electrons. The third-order valence-electron chi connectivity index (χ3n) is 3.90. The minimum absolute atomic E-state index is 0.319. The van der Waals surface area contributed by atoms with E-state index < -0.39 is 0 Å². The van der Waals surface area contributed by atoms with Crippen molar-refractivity contribution in [3.8, 4) is 0 Å². The first-order valence-corrected chi connectivity index (χ1v) is 6.25.